The molecule has 0 aliphatic rings. The summed E-state index contributed by atoms with van der Waals surface area (Å²) in [5.74, 6) is -1.01. The molecule has 0 saturated carbocycles. The van der Waals surface area contributed by atoms with Crippen LogP contribution in [0.4, 0.5) is 0 Å². The third-order valence-corrected chi connectivity index (χ3v) is 4.19. The highest BCUT2D eigenvalue weighted by molar-refractivity contribution is 7.98. The second kappa shape index (κ2) is 8.08. The summed E-state index contributed by atoms with van der Waals surface area (Å²) in [5, 5.41) is 9.79. The molecule has 0 fully saturated rings. The van der Waals surface area contributed by atoms with Crippen molar-refractivity contribution in [2.45, 2.75) is 32.1 Å². The standard InChI is InChI=1S/C16H22O4S/c1-4-20-15(19)16(14(17)18,10-7-11-21-3)13-9-6-5-8-12(13)2/h5-6,8-9H,4,7,10-11H2,1-3H3,(H,17,18). The molecule has 1 rings (SSSR count). The summed E-state index contributed by atoms with van der Waals surface area (Å²) in [4.78, 5) is 24.4. The summed E-state index contributed by atoms with van der Waals surface area (Å²) >= 11 is 1.63. The van der Waals surface area contributed by atoms with Gasteiger partial charge in [0.25, 0.3) is 0 Å². The van der Waals surface area contributed by atoms with Crippen LogP contribution in [0.3, 0.4) is 0 Å². The smallest absolute Gasteiger partial charge is 0.328 e. The van der Waals surface area contributed by atoms with E-state index < -0.39 is 17.4 Å². The Bertz CT molecular complexity index is 501. The summed E-state index contributed by atoms with van der Waals surface area (Å²) in [6.45, 7) is 3.67. The van der Waals surface area contributed by atoms with Gasteiger partial charge in [-0.15, -0.1) is 0 Å². The molecule has 4 nitrogen and oxygen atoms in total. The molecular formula is C16H22O4S. The van der Waals surface area contributed by atoms with Crippen molar-refractivity contribution >= 4 is 23.7 Å². The van der Waals surface area contributed by atoms with E-state index in [0.29, 0.717) is 12.0 Å². The lowest BCUT2D eigenvalue weighted by atomic mass is 9.75. The highest BCUT2D eigenvalue weighted by Crippen LogP contribution is 2.34. The topological polar surface area (TPSA) is 63.6 Å². The maximum Gasteiger partial charge on any atom is 0.328 e. The number of hydrogen-bond acceptors (Lipinski definition) is 4. The maximum atomic E-state index is 12.4. The number of aryl methyl sites for hydroxylation is 1. The normalized spacial score (nSPS) is 13.5. The van der Waals surface area contributed by atoms with E-state index in [1.54, 1.807) is 30.8 Å². The van der Waals surface area contributed by atoms with E-state index in [0.717, 1.165) is 11.3 Å². The van der Waals surface area contributed by atoms with Gasteiger partial charge in [-0.25, -0.2) is 0 Å². The Balaban J connectivity index is 3.33. The van der Waals surface area contributed by atoms with Crippen molar-refractivity contribution in [2.75, 3.05) is 18.6 Å². The number of hydrogen-bond donors (Lipinski definition) is 1. The Labute approximate surface area is 129 Å². The lowest BCUT2D eigenvalue weighted by molar-refractivity contribution is -0.162. The average molecular weight is 310 g/mol. The number of carboxylic acid groups (broad SMARTS) is 1. The van der Waals surface area contributed by atoms with E-state index in [-0.39, 0.29) is 13.0 Å². The van der Waals surface area contributed by atoms with Gasteiger partial charge in [-0.05, 0) is 49.8 Å². The van der Waals surface area contributed by atoms with Crippen molar-refractivity contribution in [2.24, 2.45) is 0 Å². The minimum absolute atomic E-state index is 0.169. The lowest BCUT2D eigenvalue weighted by Crippen LogP contribution is -2.45. The number of ether oxygens (including phenoxy) is 1. The van der Waals surface area contributed by atoms with Gasteiger partial charge in [0.15, 0.2) is 5.41 Å². The predicted octanol–water partition coefficient (Wildman–Crippen LogP) is 3.02. The number of thioether (sulfide) groups is 1. The summed E-state index contributed by atoms with van der Waals surface area (Å²) in [6.07, 6.45) is 2.84. The third-order valence-electron chi connectivity index (χ3n) is 3.49. The molecule has 0 aliphatic heterocycles. The lowest BCUT2D eigenvalue weighted by Gasteiger charge is -2.29. The first-order chi connectivity index (χ1) is 10.0. The zero-order valence-electron chi connectivity index (χ0n) is 12.7. The van der Waals surface area contributed by atoms with E-state index in [9.17, 15) is 14.7 Å². The fraction of sp³-hybridized carbons (Fsp3) is 0.500. The molecule has 1 aromatic rings. The van der Waals surface area contributed by atoms with Gasteiger partial charge < -0.3 is 9.84 Å². The SMILES string of the molecule is CCOC(=O)C(CCCSC)(C(=O)O)c1ccccc1C. The minimum atomic E-state index is -1.61. The molecule has 5 heteroatoms. The number of benzene rings is 1. The van der Waals surface area contributed by atoms with Crippen LogP contribution in [0.15, 0.2) is 24.3 Å². The first kappa shape index (κ1) is 17.6. The molecular weight excluding hydrogens is 288 g/mol. The minimum Gasteiger partial charge on any atom is -0.480 e. The Kier molecular flexibility index (Phi) is 6.75. The molecule has 1 aromatic carbocycles. The van der Waals surface area contributed by atoms with Gasteiger partial charge in [-0.1, -0.05) is 24.3 Å². The summed E-state index contributed by atoms with van der Waals surface area (Å²) < 4.78 is 5.08. The highest BCUT2D eigenvalue weighted by atomic mass is 32.2. The van der Waals surface area contributed by atoms with Crippen LogP contribution in [0.5, 0.6) is 0 Å². The zero-order valence-corrected chi connectivity index (χ0v) is 13.5. The van der Waals surface area contributed by atoms with Gasteiger partial charge in [0.2, 0.25) is 0 Å². The fourth-order valence-electron chi connectivity index (χ4n) is 2.44. The average Bonchev–Trinajstić information content (AvgIpc) is 2.44. The number of carbonyl (C=O) groups is 2. The molecule has 0 heterocycles. The van der Waals surface area contributed by atoms with Crippen molar-refractivity contribution in [1.82, 2.24) is 0 Å². The molecule has 0 spiro atoms. The van der Waals surface area contributed by atoms with E-state index >= 15 is 0 Å². The Morgan fingerprint density at radius 1 is 1.33 bits per heavy atom. The van der Waals surface area contributed by atoms with E-state index in [4.69, 9.17) is 4.74 Å². The first-order valence-corrected chi connectivity index (χ1v) is 8.35. The summed E-state index contributed by atoms with van der Waals surface area (Å²) in [5.41, 5.74) is -0.300. The number of rotatable bonds is 8. The molecule has 0 saturated heterocycles. The Morgan fingerprint density at radius 3 is 2.52 bits per heavy atom. The molecule has 1 N–H and O–H groups in total. The van der Waals surface area contributed by atoms with Crippen LogP contribution in [0.25, 0.3) is 0 Å². The zero-order chi connectivity index (χ0) is 15.9. The quantitative estimate of drug-likeness (QED) is 0.454. The summed E-state index contributed by atoms with van der Waals surface area (Å²) in [6, 6.07) is 7.12. The Morgan fingerprint density at radius 2 is 2.00 bits per heavy atom. The van der Waals surface area contributed by atoms with Crippen LogP contribution < -0.4 is 0 Å². The van der Waals surface area contributed by atoms with Crippen LogP contribution >= 0.6 is 11.8 Å². The molecule has 21 heavy (non-hydrogen) atoms. The summed E-state index contributed by atoms with van der Waals surface area (Å²) in [7, 11) is 0. The molecule has 0 aromatic heterocycles. The fourth-order valence-corrected chi connectivity index (χ4v) is 2.88. The van der Waals surface area contributed by atoms with Crippen molar-refractivity contribution in [3.63, 3.8) is 0 Å². The second-order valence-corrected chi connectivity index (χ2v) is 5.83. The third kappa shape index (κ3) is 3.79. The molecule has 0 aliphatic carbocycles. The maximum absolute atomic E-state index is 12.4. The van der Waals surface area contributed by atoms with E-state index in [2.05, 4.69) is 0 Å². The Hall–Kier alpha value is -1.49. The van der Waals surface area contributed by atoms with Crippen LogP contribution in [0.2, 0.25) is 0 Å². The van der Waals surface area contributed by atoms with E-state index in [1.807, 2.05) is 25.3 Å². The number of esters is 1. The van der Waals surface area contributed by atoms with Crippen molar-refractivity contribution in [3.8, 4) is 0 Å². The van der Waals surface area contributed by atoms with Crippen molar-refractivity contribution in [1.29, 1.82) is 0 Å². The number of carbonyl (C=O) groups excluding carboxylic acids is 1. The highest BCUT2D eigenvalue weighted by Gasteiger charge is 2.49. The van der Waals surface area contributed by atoms with Gasteiger partial charge in [-0.2, -0.15) is 11.8 Å². The first-order valence-electron chi connectivity index (χ1n) is 6.96. The molecule has 0 amide bonds. The molecule has 116 valence electrons. The van der Waals surface area contributed by atoms with Gasteiger partial charge in [-0.3, -0.25) is 9.59 Å². The van der Waals surface area contributed by atoms with Crippen molar-refractivity contribution < 1.29 is 19.4 Å². The van der Waals surface area contributed by atoms with Gasteiger partial charge >= 0.3 is 11.9 Å². The van der Waals surface area contributed by atoms with Crippen LogP contribution in [-0.4, -0.2) is 35.7 Å². The van der Waals surface area contributed by atoms with Gasteiger partial charge in [0, 0.05) is 0 Å². The molecule has 0 radical (unpaired) electrons. The predicted molar refractivity (Wildman–Crippen MR) is 84.7 cm³/mol. The largest absolute Gasteiger partial charge is 0.480 e. The van der Waals surface area contributed by atoms with Crippen LogP contribution in [-0.2, 0) is 19.7 Å². The van der Waals surface area contributed by atoms with Crippen molar-refractivity contribution in [3.05, 3.63) is 35.4 Å². The monoisotopic (exact) mass is 310 g/mol. The van der Waals surface area contributed by atoms with Gasteiger partial charge in [0.05, 0.1) is 6.61 Å². The van der Waals surface area contributed by atoms with Crippen LogP contribution in [0.1, 0.15) is 30.9 Å². The molecule has 1 unspecified atom stereocenters. The molecule has 1 atom stereocenters. The number of carboxylic acids is 1. The van der Waals surface area contributed by atoms with Gasteiger partial charge in [0.1, 0.15) is 0 Å². The molecule has 0 bridgehead atoms. The second-order valence-electron chi connectivity index (χ2n) is 4.84. The van der Waals surface area contributed by atoms with E-state index in [1.165, 1.54) is 0 Å². The van der Waals surface area contributed by atoms with Crippen LogP contribution in [0, 0.1) is 6.92 Å². The number of aliphatic carboxylic acids is 1.